The van der Waals surface area contributed by atoms with Gasteiger partial charge in [0.25, 0.3) is 0 Å². The molecule has 2 rings (SSSR count). The van der Waals surface area contributed by atoms with Gasteiger partial charge in [-0.05, 0) is 23.3 Å². The fourth-order valence-electron chi connectivity index (χ4n) is 1.56. The first kappa shape index (κ1) is 11.9. The third-order valence-electron chi connectivity index (χ3n) is 2.44. The van der Waals surface area contributed by atoms with Crippen molar-refractivity contribution in [3.63, 3.8) is 0 Å². The standard InChI is InChI=1S/C15H12O3/c1-2-15(17)18-14-10-12(8-9-13(14)16)11-6-4-3-5-7-11/h2-10,16H,1H2. The van der Waals surface area contributed by atoms with E-state index in [-0.39, 0.29) is 11.5 Å². The fraction of sp³-hybridized carbons (Fsp3) is 0. The van der Waals surface area contributed by atoms with Crippen LogP contribution >= 0.6 is 0 Å². The lowest BCUT2D eigenvalue weighted by Crippen LogP contribution is -2.03. The van der Waals surface area contributed by atoms with Crippen molar-refractivity contribution in [2.24, 2.45) is 0 Å². The van der Waals surface area contributed by atoms with Gasteiger partial charge in [0.05, 0.1) is 0 Å². The van der Waals surface area contributed by atoms with Crippen LogP contribution in [-0.2, 0) is 4.79 Å². The van der Waals surface area contributed by atoms with Crippen LogP contribution < -0.4 is 4.74 Å². The maximum Gasteiger partial charge on any atom is 0.335 e. The Labute approximate surface area is 105 Å². The molecule has 0 atom stereocenters. The molecule has 1 N–H and O–H groups in total. The van der Waals surface area contributed by atoms with E-state index in [1.54, 1.807) is 12.1 Å². The topological polar surface area (TPSA) is 46.5 Å². The summed E-state index contributed by atoms with van der Waals surface area (Å²) in [5, 5.41) is 9.61. The van der Waals surface area contributed by atoms with Crippen molar-refractivity contribution in [2.75, 3.05) is 0 Å². The Kier molecular flexibility index (Phi) is 3.44. The van der Waals surface area contributed by atoms with Gasteiger partial charge in [-0.25, -0.2) is 4.79 Å². The van der Waals surface area contributed by atoms with Gasteiger partial charge in [0.15, 0.2) is 11.5 Å². The summed E-state index contributed by atoms with van der Waals surface area (Å²) in [6.45, 7) is 3.31. The summed E-state index contributed by atoms with van der Waals surface area (Å²) >= 11 is 0. The molecule has 0 aliphatic heterocycles. The molecule has 0 aliphatic carbocycles. The molecule has 0 spiro atoms. The average Bonchev–Trinajstić information content (AvgIpc) is 2.42. The number of carbonyl (C=O) groups is 1. The van der Waals surface area contributed by atoms with Crippen LogP contribution in [0.15, 0.2) is 61.2 Å². The van der Waals surface area contributed by atoms with Gasteiger partial charge < -0.3 is 9.84 Å². The molecule has 0 radical (unpaired) electrons. The van der Waals surface area contributed by atoms with E-state index >= 15 is 0 Å². The van der Waals surface area contributed by atoms with Gasteiger partial charge in [-0.2, -0.15) is 0 Å². The molecule has 0 bridgehead atoms. The molecule has 0 heterocycles. The van der Waals surface area contributed by atoms with Crippen molar-refractivity contribution in [1.82, 2.24) is 0 Å². The third kappa shape index (κ3) is 2.58. The minimum Gasteiger partial charge on any atom is -0.504 e. The smallest absolute Gasteiger partial charge is 0.335 e. The van der Waals surface area contributed by atoms with Gasteiger partial charge in [-0.15, -0.1) is 0 Å². The molecule has 0 aromatic heterocycles. The first-order chi connectivity index (χ1) is 8.70. The van der Waals surface area contributed by atoms with Crippen molar-refractivity contribution in [2.45, 2.75) is 0 Å². The van der Waals surface area contributed by atoms with Crippen LogP contribution in [0, 0.1) is 0 Å². The van der Waals surface area contributed by atoms with Crippen molar-refractivity contribution >= 4 is 5.97 Å². The van der Waals surface area contributed by atoms with Crippen LogP contribution in [0.2, 0.25) is 0 Å². The number of aromatic hydroxyl groups is 1. The van der Waals surface area contributed by atoms with Crippen LogP contribution in [0.25, 0.3) is 11.1 Å². The highest BCUT2D eigenvalue weighted by molar-refractivity contribution is 5.84. The lowest BCUT2D eigenvalue weighted by atomic mass is 10.1. The van der Waals surface area contributed by atoms with Crippen molar-refractivity contribution in [3.8, 4) is 22.6 Å². The predicted octanol–water partition coefficient (Wildman–Crippen LogP) is 3.15. The van der Waals surface area contributed by atoms with E-state index in [1.165, 1.54) is 6.07 Å². The van der Waals surface area contributed by atoms with Gasteiger partial charge in [0.2, 0.25) is 0 Å². The van der Waals surface area contributed by atoms with E-state index in [2.05, 4.69) is 6.58 Å². The maximum atomic E-state index is 11.1. The molecular formula is C15H12O3. The molecule has 18 heavy (non-hydrogen) atoms. The predicted molar refractivity (Wildman–Crippen MR) is 69.4 cm³/mol. The highest BCUT2D eigenvalue weighted by Gasteiger charge is 2.08. The van der Waals surface area contributed by atoms with E-state index in [9.17, 15) is 9.90 Å². The average molecular weight is 240 g/mol. The molecule has 0 amide bonds. The van der Waals surface area contributed by atoms with Crippen molar-refractivity contribution in [1.29, 1.82) is 0 Å². The first-order valence-electron chi connectivity index (χ1n) is 5.43. The lowest BCUT2D eigenvalue weighted by Gasteiger charge is -2.07. The number of hydrogen-bond donors (Lipinski definition) is 1. The third-order valence-corrected chi connectivity index (χ3v) is 2.44. The Morgan fingerprint density at radius 1 is 1.11 bits per heavy atom. The molecule has 3 nitrogen and oxygen atoms in total. The highest BCUT2D eigenvalue weighted by atomic mass is 16.5. The van der Waals surface area contributed by atoms with Gasteiger partial charge in [-0.3, -0.25) is 0 Å². The molecule has 2 aromatic carbocycles. The second-order valence-corrected chi connectivity index (χ2v) is 3.67. The highest BCUT2D eigenvalue weighted by Crippen LogP contribution is 2.31. The van der Waals surface area contributed by atoms with Crippen LogP contribution in [0.3, 0.4) is 0 Å². The lowest BCUT2D eigenvalue weighted by molar-refractivity contribution is -0.129. The van der Waals surface area contributed by atoms with E-state index in [0.717, 1.165) is 17.2 Å². The SMILES string of the molecule is C=CC(=O)Oc1cc(-c2ccccc2)ccc1O. The molecule has 0 saturated carbocycles. The summed E-state index contributed by atoms with van der Waals surface area (Å²) < 4.78 is 4.95. The number of phenolic OH excluding ortho intramolecular Hbond substituents is 1. The fourth-order valence-corrected chi connectivity index (χ4v) is 1.56. The number of ether oxygens (including phenoxy) is 1. The second kappa shape index (κ2) is 5.19. The number of esters is 1. The minimum absolute atomic E-state index is 0.0788. The number of phenols is 1. The zero-order valence-electron chi connectivity index (χ0n) is 9.67. The van der Waals surface area contributed by atoms with E-state index < -0.39 is 5.97 Å². The maximum absolute atomic E-state index is 11.1. The molecule has 2 aromatic rings. The largest absolute Gasteiger partial charge is 0.504 e. The van der Waals surface area contributed by atoms with Gasteiger partial charge in [-0.1, -0.05) is 43.0 Å². The number of carbonyl (C=O) groups excluding carboxylic acids is 1. The normalized spacial score (nSPS) is 9.78. The summed E-state index contributed by atoms with van der Waals surface area (Å²) in [7, 11) is 0. The van der Waals surface area contributed by atoms with Crippen LogP contribution in [-0.4, -0.2) is 11.1 Å². The van der Waals surface area contributed by atoms with Crippen molar-refractivity contribution in [3.05, 3.63) is 61.2 Å². The summed E-state index contributed by atoms with van der Waals surface area (Å²) in [6.07, 6.45) is 1.05. The quantitative estimate of drug-likeness (QED) is 0.509. The van der Waals surface area contributed by atoms with Crippen LogP contribution in [0.4, 0.5) is 0 Å². The molecule has 90 valence electrons. The Hall–Kier alpha value is -2.55. The summed E-state index contributed by atoms with van der Waals surface area (Å²) in [5.74, 6) is -0.554. The summed E-state index contributed by atoms with van der Waals surface area (Å²) in [4.78, 5) is 11.1. The van der Waals surface area contributed by atoms with Crippen LogP contribution in [0.5, 0.6) is 11.5 Å². The second-order valence-electron chi connectivity index (χ2n) is 3.67. The molecule has 0 unspecified atom stereocenters. The molecule has 0 fully saturated rings. The van der Waals surface area contributed by atoms with E-state index in [1.807, 2.05) is 30.3 Å². The molecule has 0 saturated heterocycles. The number of rotatable bonds is 3. The van der Waals surface area contributed by atoms with Gasteiger partial charge in [0, 0.05) is 6.08 Å². The zero-order valence-corrected chi connectivity index (χ0v) is 9.67. The Balaban J connectivity index is 2.38. The minimum atomic E-state index is -0.601. The number of benzene rings is 2. The number of hydrogen-bond acceptors (Lipinski definition) is 3. The molecule has 3 heteroatoms. The van der Waals surface area contributed by atoms with Gasteiger partial charge in [0.1, 0.15) is 0 Å². The van der Waals surface area contributed by atoms with E-state index in [0.29, 0.717) is 0 Å². The van der Waals surface area contributed by atoms with Crippen LogP contribution in [0.1, 0.15) is 0 Å². The Morgan fingerprint density at radius 2 is 1.83 bits per heavy atom. The zero-order chi connectivity index (χ0) is 13.0. The monoisotopic (exact) mass is 240 g/mol. The molecule has 0 aliphatic rings. The Morgan fingerprint density at radius 3 is 2.50 bits per heavy atom. The summed E-state index contributed by atoms with van der Waals surface area (Å²) in [6, 6.07) is 14.5. The van der Waals surface area contributed by atoms with Crippen molar-refractivity contribution < 1.29 is 14.6 Å². The first-order valence-corrected chi connectivity index (χ1v) is 5.43. The Bertz CT molecular complexity index is 574. The summed E-state index contributed by atoms with van der Waals surface area (Å²) in [5.41, 5.74) is 1.84. The van der Waals surface area contributed by atoms with Gasteiger partial charge >= 0.3 is 5.97 Å². The van der Waals surface area contributed by atoms with E-state index in [4.69, 9.17) is 4.74 Å². The molecular weight excluding hydrogens is 228 g/mol.